The van der Waals surface area contributed by atoms with E-state index in [1.165, 1.54) is 11.8 Å². The average Bonchev–Trinajstić information content (AvgIpc) is 3.26. The number of allylic oxidation sites excluding steroid dienone is 1. The number of aromatic nitrogens is 5. The minimum atomic E-state index is -0.0254. The summed E-state index contributed by atoms with van der Waals surface area (Å²) < 4.78 is 1.96. The lowest BCUT2D eigenvalue weighted by Crippen LogP contribution is -1.99. The molecule has 1 fully saturated rings. The van der Waals surface area contributed by atoms with Gasteiger partial charge in [0.25, 0.3) is 0 Å². The molecule has 1 saturated carbocycles. The number of hydrogen-bond acceptors (Lipinski definition) is 6. The summed E-state index contributed by atoms with van der Waals surface area (Å²) in [5, 5.41) is 29.0. The third-order valence-corrected chi connectivity index (χ3v) is 5.21. The second-order valence-electron chi connectivity index (χ2n) is 6.00. The summed E-state index contributed by atoms with van der Waals surface area (Å²) in [5.41, 5.74) is 1.73. The number of benzene rings is 1. The van der Waals surface area contributed by atoms with Gasteiger partial charge in [-0.1, -0.05) is 23.9 Å². The summed E-state index contributed by atoms with van der Waals surface area (Å²) in [6.45, 7) is 0. The molecule has 8 heteroatoms. The molecule has 1 aliphatic carbocycles. The Labute approximate surface area is 148 Å². The van der Waals surface area contributed by atoms with Gasteiger partial charge in [-0.2, -0.15) is 5.26 Å². The molecule has 0 unspecified atom stereocenters. The van der Waals surface area contributed by atoms with Crippen LogP contribution >= 0.6 is 11.8 Å². The maximum absolute atomic E-state index is 10.4. The third-order valence-electron chi connectivity index (χ3n) is 4.18. The van der Waals surface area contributed by atoms with Crippen LogP contribution in [0.25, 0.3) is 16.6 Å². The number of nitrogens with zero attached hydrogens (tertiary/aromatic N) is 5. The highest BCUT2D eigenvalue weighted by Crippen LogP contribution is 2.39. The van der Waals surface area contributed by atoms with Crippen molar-refractivity contribution in [1.29, 1.82) is 5.26 Å². The number of nitriles is 1. The first-order valence-corrected chi connectivity index (χ1v) is 8.95. The lowest BCUT2D eigenvalue weighted by molar-refractivity contribution is 0.420. The van der Waals surface area contributed by atoms with E-state index in [0.29, 0.717) is 11.7 Å². The van der Waals surface area contributed by atoms with Crippen LogP contribution in [-0.4, -0.2) is 35.6 Å². The van der Waals surface area contributed by atoms with Crippen LogP contribution in [0.15, 0.2) is 35.2 Å². The molecular formula is C17H16N6OS. The van der Waals surface area contributed by atoms with E-state index >= 15 is 0 Å². The van der Waals surface area contributed by atoms with E-state index < -0.39 is 0 Å². The second kappa shape index (κ2) is 6.26. The molecule has 0 radical (unpaired) electrons. The molecular weight excluding hydrogens is 336 g/mol. The zero-order valence-electron chi connectivity index (χ0n) is 13.6. The summed E-state index contributed by atoms with van der Waals surface area (Å²) in [4.78, 5) is 7.45. The first-order chi connectivity index (χ1) is 12.2. The summed E-state index contributed by atoms with van der Waals surface area (Å²) in [7, 11) is 1.93. The van der Waals surface area contributed by atoms with E-state index in [0.717, 1.165) is 34.9 Å². The van der Waals surface area contributed by atoms with Gasteiger partial charge in [0.1, 0.15) is 23.2 Å². The van der Waals surface area contributed by atoms with Crippen molar-refractivity contribution in [1.82, 2.24) is 24.7 Å². The largest absolute Gasteiger partial charge is 0.510 e. The lowest BCUT2D eigenvalue weighted by Gasteiger charge is -2.04. The van der Waals surface area contributed by atoms with Gasteiger partial charge in [0.2, 0.25) is 0 Å². The number of para-hydroxylation sites is 2. The maximum atomic E-state index is 10.4. The fourth-order valence-electron chi connectivity index (χ4n) is 2.68. The molecule has 1 aliphatic rings. The standard InChI is InChI=1S/C17H16N6OS/c1-23-16(10-6-7-10)21-22-17(23)25-9-14(24)11(8-18)15-19-12-4-2-3-5-13(12)20-15/h2-5,10,24H,6-7,9H2,1H3,(H,19,20)/b14-11-. The van der Waals surface area contributed by atoms with Gasteiger partial charge in [-0.25, -0.2) is 4.98 Å². The quantitative estimate of drug-likeness (QED) is 0.415. The molecule has 2 aromatic heterocycles. The van der Waals surface area contributed by atoms with Gasteiger partial charge >= 0.3 is 0 Å². The van der Waals surface area contributed by atoms with Gasteiger partial charge in [-0.15, -0.1) is 10.2 Å². The number of fused-ring (bicyclic) bond motifs is 1. The summed E-state index contributed by atoms with van der Waals surface area (Å²) in [6, 6.07) is 9.55. The normalized spacial score (nSPS) is 15.2. The number of rotatable bonds is 5. The first-order valence-electron chi connectivity index (χ1n) is 7.96. The van der Waals surface area contributed by atoms with E-state index in [-0.39, 0.29) is 17.1 Å². The predicted molar refractivity (Wildman–Crippen MR) is 95.0 cm³/mol. The highest BCUT2D eigenvalue weighted by molar-refractivity contribution is 7.99. The van der Waals surface area contributed by atoms with Crippen LogP contribution in [-0.2, 0) is 7.05 Å². The Morgan fingerprint density at radius 3 is 2.92 bits per heavy atom. The molecule has 25 heavy (non-hydrogen) atoms. The maximum Gasteiger partial charge on any atom is 0.191 e. The van der Waals surface area contributed by atoms with Crippen molar-refractivity contribution in [3.05, 3.63) is 41.7 Å². The van der Waals surface area contributed by atoms with Crippen molar-refractivity contribution >= 4 is 28.4 Å². The Morgan fingerprint density at radius 2 is 2.20 bits per heavy atom. The smallest absolute Gasteiger partial charge is 0.191 e. The fourth-order valence-corrected chi connectivity index (χ4v) is 3.48. The number of thioether (sulfide) groups is 1. The van der Waals surface area contributed by atoms with Crippen molar-refractivity contribution in [3.63, 3.8) is 0 Å². The highest BCUT2D eigenvalue weighted by atomic mass is 32.2. The van der Waals surface area contributed by atoms with Gasteiger partial charge in [-0.05, 0) is 25.0 Å². The van der Waals surface area contributed by atoms with Crippen molar-refractivity contribution in [2.75, 3.05) is 5.75 Å². The molecule has 2 N–H and O–H groups in total. The van der Waals surface area contributed by atoms with Crippen molar-refractivity contribution in [2.24, 2.45) is 7.05 Å². The van der Waals surface area contributed by atoms with Crippen LogP contribution in [0.1, 0.15) is 30.4 Å². The molecule has 126 valence electrons. The van der Waals surface area contributed by atoms with Crippen molar-refractivity contribution in [2.45, 2.75) is 23.9 Å². The number of imidazole rings is 1. The van der Waals surface area contributed by atoms with Gasteiger partial charge in [0, 0.05) is 13.0 Å². The van der Waals surface area contributed by atoms with Crippen LogP contribution in [0.2, 0.25) is 0 Å². The van der Waals surface area contributed by atoms with Gasteiger partial charge in [0.15, 0.2) is 11.0 Å². The Bertz CT molecular complexity index is 975. The highest BCUT2D eigenvalue weighted by Gasteiger charge is 2.29. The third kappa shape index (κ3) is 2.98. The molecule has 0 atom stereocenters. The Morgan fingerprint density at radius 1 is 1.40 bits per heavy atom. The zero-order chi connectivity index (χ0) is 17.4. The van der Waals surface area contributed by atoms with Gasteiger partial charge in [0.05, 0.1) is 16.8 Å². The van der Waals surface area contributed by atoms with E-state index in [2.05, 4.69) is 20.2 Å². The lowest BCUT2D eigenvalue weighted by atomic mass is 10.2. The number of aromatic amines is 1. The zero-order valence-corrected chi connectivity index (χ0v) is 14.4. The van der Waals surface area contributed by atoms with Crippen LogP contribution in [0.3, 0.4) is 0 Å². The Balaban J connectivity index is 1.56. The molecule has 7 nitrogen and oxygen atoms in total. The Kier molecular flexibility index (Phi) is 3.93. The van der Waals surface area contributed by atoms with Crippen molar-refractivity contribution < 1.29 is 5.11 Å². The van der Waals surface area contributed by atoms with Crippen LogP contribution in [0, 0.1) is 11.3 Å². The minimum absolute atomic E-state index is 0.0254. The second-order valence-corrected chi connectivity index (χ2v) is 6.94. The summed E-state index contributed by atoms with van der Waals surface area (Å²) in [6.07, 6.45) is 2.32. The SMILES string of the molecule is Cn1c(SC/C(O)=C(\C#N)c2nc3ccccc3[nH]2)nnc1C1CC1. The first kappa shape index (κ1) is 15.7. The van der Waals surface area contributed by atoms with Crippen molar-refractivity contribution in [3.8, 4) is 6.07 Å². The molecule has 0 bridgehead atoms. The number of nitrogens with one attached hydrogen (secondary N) is 1. The molecule has 0 spiro atoms. The van der Waals surface area contributed by atoms with E-state index in [1.807, 2.05) is 41.9 Å². The predicted octanol–water partition coefficient (Wildman–Crippen LogP) is 3.15. The molecule has 3 aromatic rings. The molecule has 0 aliphatic heterocycles. The van der Waals surface area contributed by atoms with E-state index in [9.17, 15) is 10.4 Å². The molecule has 1 aromatic carbocycles. The number of H-pyrrole nitrogens is 1. The van der Waals surface area contributed by atoms with E-state index in [1.54, 1.807) is 0 Å². The number of aliphatic hydroxyl groups is 1. The van der Waals surface area contributed by atoms with Gasteiger partial charge < -0.3 is 14.7 Å². The van der Waals surface area contributed by atoms with Crippen LogP contribution < -0.4 is 0 Å². The monoisotopic (exact) mass is 352 g/mol. The van der Waals surface area contributed by atoms with Gasteiger partial charge in [-0.3, -0.25) is 0 Å². The summed E-state index contributed by atoms with van der Waals surface area (Å²) >= 11 is 1.36. The Hall–Kier alpha value is -2.79. The van der Waals surface area contributed by atoms with E-state index in [4.69, 9.17) is 0 Å². The number of aliphatic hydroxyl groups excluding tert-OH is 1. The minimum Gasteiger partial charge on any atom is -0.510 e. The molecule has 0 saturated heterocycles. The fraction of sp³-hybridized carbons (Fsp3) is 0.294. The van der Waals surface area contributed by atoms with Crippen LogP contribution in [0.4, 0.5) is 0 Å². The average molecular weight is 352 g/mol. The topological polar surface area (TPSA) is 103 Å². The molecule has 0 amide bonds. The summed E-state index contributed by atoms with van der Waals surface area (Å²) in [5.74, 6) is 2.09. The molecule has 4 rings (SSSR count). The molecule has 2 heterocycles. The van der Waals surface area contributed by atoms with Crippen LogP contribution in [0.5, 0.6) is 0 Å². The number of hydrogen-bond donors (Lipinski definition) is 2.